The van der Waals surface area contributed by atoms with Gasteiger partial charge in [0.15, 0.2) is 0 Å². The van der Waals surface area contributed by atoms with Gasteiger partial charge in [0, 0.05) is 38.2 Å². The molecule has 0 saturated carbocycles. The van der Waals surface area contributed by atoms with Crippen molar-refractivity contribution in [2.24, 2.45) is 0 Å². The van der Waals surface area contributed by atoms with Crippen molar-refractivity contribution in [3.05, 3.63) is 35.9 Å². The van der Waals surface area contributed by atoms with E-state index in [-0.39, 0.29) is 0 Å². The van der Waals surface area contributed by atoms with Gasteiger partial charge in [-0.05, 0) is 18.7 Å². The minimum Gasteiger partial charge on any atom is -0.383 e. The number of pyridine rings is 1. The molecule has 0 aliphatic carbocycles. The average Bonchev–Trinajstić information content (AvgIpc) is 2.49. The van der Waals surface area contributed by atoms with Crippen molar-refractivity contribution in [2.45, 2.75) is 13.5 Å². The van der Waals surface area contributed by atoms with Gasteiger partial charge in [0.2, 0.25) is 0 Å². The monoisotopic (exact) mass is 273 g/mol. The van der Waals surface area contributed by atoms with Crippen LogP contribution < -0.4 is 10.2 Å². The van der Waals surface area contributed by atoms with E-state index in [2.05, 4.69) is 48.5 Å². The number of rotatable bonds is 7. The lowest BCUT2D eigenvalue weighted by molar-refractivity contribution is 0.206. The molecule has 2 rings (SSSR count). The number of hydrogen-bond acceptors (Lipinski definition) is 4. The molecule has 1 heterocycles. The van der Waals surface area contributed by atoms with E-state index in [4.69, 9.17) is 9.72 Å². The largest absolute Gasteiger partial charge is 0.383 e. The van der Waals surface area contributed by atoms with Crippen LogP contribution in [0.2, 0.25) is 0 Å². The summed E-state index contributed by atoms with van der Waals surface area (Å²) < 4.78 is 5.16. The second-order valence-corrected chi connectivity index (χ2v) is 4.86. The maximum atomic E-state index is 5.16. The number of hydrogen-bond donors (Lipinski definition) is 1. The number of methoxy groups -OCH3 is 1. The molecule has 0 saturated heterocycles. The highest BCUT2D eigenvalue weighted by molar-refractivity contribution is 5.81. The molecule has 1 aromatic carbocycles. The van der Waals surface area contributed by atoms with Crippen molar-refractivity contribution in [3.63, 3.8) is 0 Å². The molecular weight excluding hydrogens is 250 g/mol. The van der Waals surface area contributed by atoms with E-state index < -0.39 is 0 Å². The quantitative estimate of drug-likeness (QED) is 0.840. The van der Waals surface area contributed by atoms with E-state index in [1.165, 1.54) is 10.9 Å². The van der Waals surface area contributed by atoms with Gasteiger partial charge in [-0.2, -0.15) is 0 Å². The smallest absolute Gasteiger partial charge is 0.133 e. The highest BCUT2D eigenvalue weighted by Gasteiger charge is 2.10. The predicted octanol–water partition coefficient (Wildman–Crippen LogP) is 2.43. The van der Waals surface area contributed by atoms with Crippen LogP contribution in [0.15, 0.2) is 30.3 Å². The second kappa shape index (κ2) is 7.22. The van der Waals surface area contributed by atoms with Crippen molar-refractivity contribution < 1.29 is 4.74 Å². The van der Waals surface area contributed by atoms with E-state index in [0.717, 1.165) is 31.0 Å². The first-order valence-corrected chi connectivity index (χ1v) is 7.05. The summed E-state index contributed by atoms with van der Waals surface area (Å²) in [5.41, 5.74) is 2.26. The average molecular weight is 273 g/mol. The molecule has 0 aliphatic heterocycles. The van der Waals surface area contributed by atoms with Gasteiger partial charge in [0.05, 0.1) is 12.1 Å². The number of nitrogens with one attached hydrogen (secondary N) is 1. The molecule has 0 fully saturated rings. The molecule has 20 heavy (non-hydrogen) atoms. The van der Waals surface area contributed by atoms with Crippen LogP contribution in [0.4, 0.5) is 5.82 Å². The number of benzene rings is 1. The van der Waals surface area contributed by atoms with Gasteiger partial charge in [-0.15, -0.1) is 0 Å². The number of fused-ring (bicyclic) bond motifs is 1. The normalized spacial score (nSPS) is 10.9. The summed E-state index contributed by atoms with van der Waals surface area (Å²) in [5.74, 6) is 1.03. The third-order valence-electron chi connectivity index (χ3n) is 3.34. The fourth-order valence-corrected chi connectivity index (χ4v) is 2.20. The molecule has 0 spiro atoms. The van der Waals surface area contributed by atoms with Gasteiger partial charge in [0.1, 0.15) is 5.82 Å². The molecule has 4 nitrogen and oxygen atoms in total. The Morgan fingerprint density at radius 2 is 2.10 bits per heavy atom. The van der Waals surface area contributed by atoms with Crippen LogP contribution in [0.25, 0.3) is 10.9 Å². The molecule has 0 unspecified atom stereocenters. The third-order valence-corrected chi connectivity index (χ3v) is 3.34. The molecule has 0 radical (unpaired) electrons. The summed E-state index contributed by atoms with van der Waals surface area (Å²) in [6.45, 7) is 5.43. The Labute approximate surface area is 120 Å². The molecule has 0 aliphatic rings. The van der Waals surface area contributed by atoms with Crippen molar-refractivity contribution >= 4 is 16.7 Å². The summed E-state index contributed by atoms with van der Waals surface area (Å²) >= 11 is 0. The molecule has 1 aromatic heterocycles. The Morgan fingerprint density at radius 3 is 2.85 bits per heavy atom. The van der Waals surface area contributed by atoms with Gasteiger partial charge in [-0.3, -0.25) is 0 Å². The van der Waals surface area contributed by atoms with Crippen LogP contribution >= 0.6 is 0 Å². The molecule has 0 amide bonds. The number of anilines is 1. The van der Waals surface area contributed by atoms with Gasteiger partial charge < -0.3 is 15.0 Å². The van der Waals surface area contributed by atoms with Crippen molar-refractivity contribution in [1.82, 2.24) is 10.3 Å². The first kappa shape index (κ1) is 14.8. The lowest BCUT2D eigenvalue weighted by Crippen LogP contribution is -2.25. The van der Waals surface area contributed by atoms with Crippen molar-refractivity contribution in [3.8, 4) is 0 Å². The van der Waals surface area contributed by atoms with E-state index in [9.17, 15) is 0 Å². The first-order valence-electron chi connectivity index (χ1n) is 7.05. The maximum absolute atomic E-state index is 5.16. The van der Waals surface area contributed by atoms with Crippen LogP contribution in [0.5, 0.6) is 0 Å². The SMILES string of the molecule is CCNCc1cc2ccccc2nc1N(C)CCOC. The van der Waals surface area contributed by atoms with Crippen LogP contribution in [-0.2, 0) is 11.3 Å². The number of para-hydroxylation sites is 1. The van der Waals surface area contributed by atoms with E-state index in [0.29, 0.717) is 6.61 Å². The van der Waals surface area contributed by atoms with E-state index in [1.807, 2.05) is 6.07 Å². The lowest BCUT2D eigenvalue weighted by atomic mass is 10.1. The highest BCUT2D eigenvalue weighted by atomic mass is 16.5. The van der Waals surface area contributed by atoms with Crippen molar-refractivity contribution in [2.75, 3.05) is 38.8 Å². The second-order valence-electron chi connectivity index (χ2n) is 4.86. The van der Waals surface area contributed by atoms with Gasteiger partial charge in [0.25, 0.3) is 0 Å². The number of ether oxygens (including phenoxy) is 1. The number of likely N-dealkylation sites (N-methyl/N-ethyl adjacent to an activating group) is 1. The van der Waals surface area contributed by atoms with Gasteiger partial charge in [-0.1, -0.05) is 25.1 Å². The topological polar surface area (TPSA) is 37.4 Å². The van der Waals surface area contributed by atoms with Crippen LogP contribution in [-0.4, -0.2) is 38.8 Å². The standard InChI is InChI=1S/C16H23N3O/c1-4-17-12-14-11-13-7-5-6-8-15(13)18-16(14)19(2)9-10-20-3/h5-8,11,17H,4,9-10,12H2,1-3H3. The van der Waals surface area contributed by atoms with E-state index >= 15 is 0 Å². The molecular formula is C16H23N3O. The summed E-state index contributed by atoms with van der Waals surface area (Å²) in [4.78, 5) is 6.97. The van der Waals surface area contributed by atoms with Crippen molar-refractivity contribution in [1.29, 1.82) is 0 Å². The minimum absolute atomic E-state index is 0.700. The van der Waals surface area contributed by atoms with Gasteiger partial charge in [-0.25, -0.2) is 4.98 Å². The molecule has 0 bridgehead atoms. The zero-order chi connectivity index (χ0) is 14.4. The number of nitrogens with zero attached hydrogens (tertiary/aromatic N) is 2. The molecule has 108 valence electrons. The number of aromatic nitrogens is 1. The van der Waals surface area contributed by atoms with Crippen LogP contribution in [0.1, 0.15) is 12.5 Å². The Balaban J connectivity index is 2.36. The molecule has 0 atom stereocenters. The first-order chi connectivity index (χ1) is 9.76. The zero-order valence-electron chi connectivity index (χ0n) is 12.5. The highest BCUT2D eigenvalue weighted by Crippen LogP contribution is 2.22. The summed E-state index contributed by atoms with van der Waals surface area (Å²) in [5, 5.41) is 4.57. The fraction of sp³-hybridized carbons (Fsp3) is 0.438. The minimum atomic E-state index is 0.700. The summed E-state index contributed by atoms with van der Waals surface area (Å²) in [7, 11) is 3.78. The Bertz CT molecular complexity index is 556. The Hall–Kier alpha value is -1.65. The molecule has 2 aromatic rings. The molecule has 1 N–H and O–H groups in total. The third kappa shape index (κ3) is 3.46. The predicted molar refractivity (Wildman–Crippen MR) is 84.3 cm³/mol. The molecule has 4 heteroatoms. The Morgan fingerprint density at radius 1 is 1.30 bits per heavy atom. The Kier molecular flexibility index (Phi) is 5.32. The fourth-order valence-electron chi connectivity index (χ4n) is 2.20. The van der Waals surface area contributed by atoms with E-state index in [1.54, 1.807) is 7.11 Å². The van der Waals surface area contributed by atoms with Crippen LogP contribution in [0.3, 0.4) is 0 Å². The van der Waals surface area contributed by atoms with Crippen LogP contribution in [0, 0.1) is 0 Å². The summed E-state index contributed by atoms with van der Waals surface area (Å²) in [6.07, 6.45) is 0. The lowest BCUT2D eigenvalue weighted by Gasteiger charge is -2.21. The summed E-state index contributed by atoms with van der Waals surface area (Å²) in [6, 6.07) is 10.5. The maximum Gasteiger partial charge on any atom is 0.133 e. The zero-order valence-corrected chi connectivity index (χ0v) is 12.5. The van der Waals surface area contributed by atoms with Gasteiger partial charge >= 0.3 is 0 Å².